The van der Waals surface area contributed by atoms with E-state index in [9.17, 15) is 4.57 Å². The third-order valence-electron chi connectivity index (χ3n) is 5.33. The molecule has 1 saturated heterocycles. The number of rotatable bonds is 5. The molecule has 0 bridgehead atoms. The number of morpholine rings is 1. The molecule has 1 aromatic carbocycles. The largest absolute Gasteiger partial charge is 0.375 e. The van der Waals surface area contributed by atoms with Gasteiger partial charge in [-0.25, -0.2) is 9.97 Å². The van der Waals surface area contributed by atoms with E-state index in [2.05, 4.69) is 20.2 Å². The van der Waals surface area contributed by atoms with E-state index in [4.69, 9.17) is 14.7 Å². The molecule has 4 heterocycles. The molecule has 11 heteroatoms. The molecule has 1 fully saturated rings. The summed E-state index contributed by atoms with van der Waals surface area (Å²) in [6, 6.07) is 7.60. The lowest BCUT2D eigenvalue weighted by molar-refractivity contribution is 0.0526. The normalized spacial score (nSPS) is 17.1. The zero-order valence-electron chi connectivity index (χ0n) is 18.1. The lowest BCUT2D eigenvalue weighted by Gasteiger charge is -2.31. The number of thiazole rings is 1. The van der Waals surface area contributed by atoms with E-state index in [-0.39, 0.29) is 6.10 Å². The molecule has 0 radical (unpaired) electrons. The number of anilines is 3. The first-order valence-electron chi connectivity index (χ1n) is 10.3. The first-order chi connectivity index (χ1) is 15.4. The molecule has 0 saturated carbocycles. The molecule has 0 aliphatic carbocycles. The van der Waals surface area contributed by atoms with Crippen LogP contribution in [0.5, 0.6) is 0 Å². The van der Waals surface area contributed by atoms with Gasteiger partial charge >= 0.3 is 0 Å². The van der Waals surface area contributed by atoms with E-state index in [1.54, 1.807) is 25.2 Å². The summed E-state index contributed by atoms with van der Waals surface area (Å²) in [5, 5.41) is 6.18. The van der Waals surface area contributed by atoms with E-state index in [1.807, 2.05) is 41.1 Å². The Kier molecular flexibility index (Phi) is 5.44. The van der Waals surface area contributed by atoms with Crippen LogP contribution in [0.15, 0.2) is 41.5 Å². The van der Waals surface area contributed by atoms with Crippen molar-refractivity contribution in [2.75, 3.05) is 43.2 Å². The second-order valence-corrected chi connectivity index (χ2v) is 12.1. The van der Waals surface area contributed by atoms with Crippen molar-refractivity contribution < 1.29 is 9.30 Å². The predicted molar refractivity (Wildman–Crippen MR) is 129 cm³/mol. The molecule has 32 heavy (non-hydrogen) atoms. The lowest BCUT2D eigenvalue weighted by Crippen LogP contribution is -2.42. The molecule has 0 spiro atoms. The summed E-state index contributed by atoms with van der Waals surface area (Å²) in [5.41, 5.74) is 3.97. The zero-order chi connectivity index (χ0) is 22.3. The minimum Gasteiger partial charge on any atom is -0.375 e. The highest BCUT2D eigenvalue weighted by atomic mass is 32.1. The van der Waals surface area contributed by atoms with Gasteiger partial charge in [-0.15, -0.1) is 11.3 Å². The second-order valence-electron chi connectivity index (χ2n) is 8.16. The molecular formula is C21H24N7O2PS. The van der Waals surface area contributed by atoms with Crippen molar-refractivity contribution in [3.05, 3.63) is 41.5 Å². The van der Waals surface area contributed by atoms with Crippen LogP contribution in [0.25, 0.3) is 17.0 Å². The SMILES string of the molecule is CC1CN(c2nc(Nc3ccc(P(C)(C)=O)cc3)c3ncn(-c4cscn4)c3n2)CCO1. The van der Waals surface area contributed by atoms with Gasteiger partial charge in [0.15, 0.2) is 22.8 Å². The number of benzene rings is 1. The third-order valence-corrected chi connectivity index (χ3v) is 7.44. The Morgan fingerprint density at radius 2 is 2.00 bits per heavy atom. The van der Waals surface area contributed by atoms with Gasteiger partial charge in [0.05, 0.1) is 18.2 Å². The fourth-order valence-electron chi connectivity index (χ4n) is 3.65. The van der Waals surface area contributed by atoms with Crippen LogP contribution in [0, 0.1) is 0 Å². The smallest absolute Gasteiger partial charge is 0.229 e. The predicted octanol–water partition coefficient (Wildman–Crippen LogP) is 3.49. The summed E-state index contributed by atoms with van der Waals surface area (Å²) in [6.07, 6.45) is 1.83. The maximum absolute atomic E-state index is 12.3. The molecule has 1 aliphatic rings. The Hall–Kier alpha value is -2.81. The van der Waals surface area contributed by atoms with E-state index < -0.39 is 7.14 Å². The van der Waals surface area contributed by atoms with E-state index in [0.29, 0.717) is 36.1 Å². The number of fused-ring (bicyclic) bond motifs is 1. The van der Waals surface area contributed by atoms with Crippen LogP contribution in [0.2, 0.25) is 0 Å². The van der Waals surface area contributed by atoms with Gasteiger partial charge in [-0.05, 0) is 44.5 Å². The molecule has 166 valence electrons. The molecule has 1 unspecified atom stereocenters. The minimum atomic E-state index is -2.31. The van der Waals surface area contributed by atoms with E-state index in [1.165, 1.54) is 11.3 Å². The number of nitrogens with zero attached hydrogens (tertiary/aromatic N) is 6. The van der Waals surface area contributed by atoms with Crippen LogP contribution >= 0.6 is 18.5 Å². The van der Waals surface area contributed by atoms with Gasteiger partial charge in [-0.3, -0.25) is 4.57 Å². The standard InChI is InChI=1S/C21H24N7O2PS/c1-14-10-27(8-9-30-14)21-25-19(24-15-4-6-16(7-5-15)31(2,3)29)18-20(26-21)28(12-22-18)17-11-32-13-23-17/h4-7,11-14H,8-10H2,1-3H3,(H,24,25,26). The van der Waals surface area contributed by atoms with E-state index in [0.717, 1.165) is 23.4 Å². The van der Waals surface area contributed by atoms with E-state index >= 15 is 0 Å². The highest BCUT2D eigenvalue weighted by molar-refractivity contribution is 7.70. The van der Waals surface area contributed by atoms with Crippen molar-refractivity contribution in [1.29, 1.82) is 0 Å². The van der Waals surface area contributed by atoms with Gasteiger partial charge in [0.25, 0.3) is 0 Å². The summed E-state index contributed by atoms with van der Waals surface area (Å²) in [7, 11) is -2.31. The van der Waals surface area contributed by atoms with Crippen molar-refractivity contribution in [2.24, 2.45) is 0 Å². The number of hydrogen-bond acceptors (Lipinski definition) is 9. The van der Waals surface area contributed by atoms with Crippen LogP contribution < -0.4 is 15.5 Å². The molecule has 0 amide bonds. The number of ether oxygens (including phenoxy) is 1. The monoisotopic (exact) mass is 469 g/mol. The number of imidazole rings is 1. The van der Waals surface area contributed by atoms with Gasteiger partial charge in [0.1, 0.15) is 13.5 Å². The Morgan fingerprint density at radius 1 is 1.19 bits per heavy atom. The maximum atomic E-state index is 12.3. The molecule has 5 rings (SSSR count). The first kappa shape index (κ1) is 21.1. The summed E-state index contributed by atoms with van der Waals surface area (Å²) >= 11 is 1.52. The molecule has 1 atom stereocenters. The number of aromatic nitrogens is 5. The topological polar surface area (TPSA) is 98.1 Å². The Bertz CT molecular complexity index is 1280. The van der Waals surface area contributed by atoms with Crippen LogP contribution in [0.1, 0.15) is 6.92 Å². The number of hydrogen-bond donors (Lipinski definition) is 1. The molecule has 9 nitrogen and oxygen atoms in total. The van der Waals surface area contributed by atoms with Crippen molar-refractivity contribution in [3.8, 4) is 5.82 Å². The number of nitrogens with one attached hydrogen (secondary N) is 1. The van der Waals surface area contributed by atoms with Gasteiger partial charge < -0.3 is 19.5 Å². The first-order valence-corrected chi connectivity index (χ1v) is 13.9. The summed E-state index contributed by atoms with van der Waals surface area (Å²) in [4.78, 5) is 20.8. The average molecular weight is 470 g/mol. The molecule has 3 aromatic heterocycles. The zero-order valence-corrected chi connectivity index (χ0v) is 19.8. The van der Waals surface area contributed by atoms with Crippen molar-refractivity contribution in [3.63, 3.8) is 0 Å². The molecule has 1 N–H and O–H groups in total. The molecule has 1 aliphatic heterocycles. The summed E-state index contributed by atoms with van der Waals surface area (Å²) in [6.45, 7) is 7.65. The van der Waals surface area contributed by atoms with Gasteiger partial charge in [0.2, 0.25) is 5.95 Å². The summed E-state index contributed by atoms with van der Waals surface area (Å²) < 4.78 is 19.9. The quantitative estimate of drug-likeness (QED) is 0.444. The second kappa shape index (κ2) is 8.27. The third kappa shape index (κ3) is 4.13. The minimum absolute atomic E-state index is 0.106. The van der Waals surface area contributed by atoms with Crippen molar-refractivity contribution >= 4 is 52.4 Å². The molecular weight excluding hydrogens is 445 g/mol. The Balaban J connectivity index is 1.58. The maximum Gasteiger partial charge on any atom is 0.229 e. The van der Waals surface area contributed by atoms with Gasteiger partial charge in [0, 0.05) is 29.5 Å². The van der Waals surface area contributed by atoms with Crippen LogP contribution in [-0.2, 0) is 9.30 Å². The Morgan fingerprint density at radius 3 is 2.69 bits per heavy atom. The van der Waals surface area contributed by atoms with Gasteiger partial charge in [-0.1, -0.05) is 0 Å². The highest BCUT2D eigenvalue weighted by Gasteiger charge is 2.23. The Labute approximate surface area is 189 Å². The average Bonchev–Trinajstić information content (AvgIpc) is 3.43. The lowest BCUT2D eigenvalue weighted by atomic mass is 10.3. The highest BCUT2D eigenvalue weighted by Crippen LogP contribution is 2.35. The summed E-state index contributed by atoms with van der Waals surface area (Å²) in [5.74, 6) is 2.01. The van der Waals surface area contributed by atoms with Crippen LogP contribution in [-0.4, -0.2) is 63.6 Å². The van der Waals surface area contributed by atoms with Crippen molar-refractivity contribution in [2.45, 2.75) is 13.0 Å². The fourth-order valence-corrected chi connectivity index (χ4v) is 5.04. The molecule has 4 aromatic rings. The van der Waals surface area contributed by atoms with Gasteiger partial charge in [-0.2, -0.15) is 9.97 Å². The van der Waals surface area contributed by atoms with Crippen LogP contribution in [0.4, 0.5) is 17.5 Å². The fraction of sp³-hybridized carbons (Fsp3) is 0.333. The van der Waals surface area contributed by atoms with Crippen LogP contribution in [0.3, 0.4) is 0 Å². The van der Waals surface area contributed by atoms with Crippen molar-refractivity contribution in [1.82, 2.24) is 24.5 Å².